The molecule has 0 aliphatic carbocycles. The number of pyridine rings is 10. The highest BCUT2D eigenvalue weighted by Crippen LogP contribution is 2.35. The van der Waals surface area contributed by atoms with Crippen LogP contribution in [0.3, 0.4) is 0 Å². The fourth-order valence-electron chi connectivity index (χ4n) is 10.8. The van der Waals surface area contributed by atoms with Crippen LogP contribution in [0.25, 0.3) is 132 Å². The second-order valence-corrected chi connectivity index (χ2v) is 21.2. The summed E-state index contributed by atoms with van der Waals surface area (Å²) in [6.45, 7) is 2.10. The van der Waals surface area contributed by atoms with Gasteiger partial charge in [0, 0.05) is 136 Å². The van der Waals surface area contributed by atoms with Gasteiger partial charge in [-0.05, 0) is 108 Å². The number of rotatable bonds is 4. The predicted octanol–water partition coefficient (Wildman–Crippen LogP) is 17.1. The Hall–Kier alpha value is -13.1. The first-order valence-corrected chi connectivity index (χ1v) is 30.2. The Bertz CT molecular complexity index is 5300. The van der Waals surface area contributed by atoms with E-state index in [1.165, 1.54) is 39.3 Å². The van der Waals surface area contributed by atoms with E-state index in [9.17, 15) is 4.79 Å². The molecule has 6 aromatic carbocycles. The zero-order chi connectivity index (χ0) is 63.7. The van der Waals surface area contributed by atoms with Crippen molar-refractivity contribution in [1.82, 2.24) is 69.8 Å². The van der Waals surface area contributed by atoms with Crippen LogP contribution in [0.2, 0.25) is 0 Å². The van der Waals surface area contributed by atoms with E-state index in [1.54, 1.807) is 74.4 Å². The van der Waals surface area contributed by atoms with Crippen molar-refractivity contribution in [2.45, 2.75) is 6.92 Å². The highest BCUT2D eigenvalue weighted by Gasteiger charge is 2.13. The van der Waals surface area contributed by atoms with Crippen molar-refractivity contribution < 1.29 is 0 Å². The zero-order valence-electron chi connectivity index (χ0n) is 50.7. The maximum atomic E-state index is 11.6. The Labute approximate surface area is 539 Å². The summed E-state index contributed by atoms with van der Waals surface area (Å²) in [6.07, 6.45) is 27.7. The fourth-order valence-corrected chi connectivity index (χ4v) is 10.8. The van der Waals surface area contributed by atoms with Crippen molar-refractivity contribution in [3.8, 4) is 45.0 Å². The van der Waals surface area contributed by atoms with Crippen LogP contribution in [0.4, 0.5) is 0 Å². The van der Waals surface area contributed by atoms with Gasteiger partial charge in [-0.25, -0.2) is 0 Å². The van der Waals surface area contributed by atoms with Crippen LogP contribution in [-0.2, 0) is 0 Å². The van der Waals surface area contributed by atoms with Gasteiger partial charge >= 0.3 is 0 Å². The van der Waals surface area contributed by atoms with Gasteiger partial charge in [0.2, 0.25) is 0 Å². The Morgan fingerprint density at radius 1 is 0.266 bits per heavy atom. The molecule has 0 aliphatic heterocycles. The Morgan fingerprint density at radius 2 is 0.649 bits per heavy atom. The fraction of sp³-hybridized carbons (Fsp3) is 0.0127. The third kappa shape index (κ3) is 13.7. The molecular formula is C79H56N14O. The third-order valence-corrected chi connectivity index (χ3v) is 15.3. The first-order chi connectivity index (χ1) is 46.5. The van der Waals surface area contributed by atoms with E-state index in [1.807, 2.05) is 122 Å². The van der Waals surface area contributed by atoms with Crippen molar-refractivity contribution in [2.24, 2.45) is 0 Å². The summed E-state index contributed by atoms with van der Waals surface area (Å²) in [5.41, 5.74) is 16.8. The van der Waals surface area contributed by atoms with E-state index >= 15 is 0 Å². The molecule has 0 radical (unpaired) electrons. The Balaban J connectivity index is 0.000000105. The quantitative estimate of drug-likeness (QED) is 0.163. The van der Waals surface area contributed by atoms with Gasteiger partial charge in [-0.3, -0.25) is 69.6 Å². The van der Waals surface area contributed by atoms with E-state index < -0.39 is 0 Å². The molecule has 0 spiro atoms. The van der Waals surface area contributed by atoms with E-state index in [-0.39, 0.29) is 5.43 Å². The van der Waals surface area contributed by atoms with Crippen molar-refractivity contribution in [3.63, 3.8) is 0 Å². The molecule has 0 atom stereocenters. The molecule has 0 unspecified atom stereocenters. The van der Waals surface area contributed by atoms with Gasteiger partial charge in [-0.2, -0.15) is 0 Å². The first-order valence-electron chi connectivity index (χ1n) is 30.2. The second kappa shape index (κ2) is 29.0. The lowest BCUT2D eigenvalue weighted by molar-refractivity contribution is 1.14. The van der Waals surface area contributed by atoms with Crippen LogP contribution < -0.4 is 5.43 Å². The van der Waals surface area contributed by atoms with Crippen molar-refractivity contribution in [2.75, 3.05) is 0 Å². The molecule has 12 aromatic heterocycles. The summed E-state index contributed by atoms with van der Waals surface area (Å²) in [5, 5.41) is 8.58. The molecule has 0 saturated heterocycles. The molecule has 15 nitrogen and oxygen atoms in total. The Morgan fingerprint density at radius 3 is 1.12 bits per heavy atom. The number of aromatic amines is 1. The molecule has 18 rings (SSSR count). The largest absolute Gasteiger partial charge is 0.359 e. The van der Waals surface area contributed by atoms with E-state index in [2.05, 4.69) is 192 Å². The van der Waals surface area contributed by atoms with E-state index in [0.29, 0.717) is 5.39 Å². The molecule has 448 valence electrons. The smallest absolute Gasteiger partial charge is 0.189 e. The molecule has 94 heavy (non-hydrogen) atoms. The minimum absolute atomic E-state index is 0.0244. The first kappa shape index (κ1) is 59.8. The molecule has 1 N–H and O–H groups in total. The van der Waals surface area contributed by atoms with E-state index in [4.69, 9.17) is 0 Å². The lowest BCUT2D eigenvalue weighted by Gasteiger charge is -2.11. The lowest BCUT2D eigenvalue weighted by atomic mass is 9.97. The van der Waals surface area contributed by atoms with Crippen LogP contribution in [0.5, 0.6) is 0 Å². The number of nitrogens with one attached hydrogen (secondary N) is 1. The van der Waals surface area contributed by atoms with Crippen molar-refractivity contribution >= 4 is 87.2 Å². The number of benzene rings is 6. The number of hydrogen-bond donors (Lipinski definition) is 1. The summed E-state index contributed by atoms with van der Waals surface area (Å²) in [5.74, 6) is 0. The van der Waals surface area contributed by atoms with Crippen LogP contribution in [0, 0.1) is 6.92 Å². The Kier molecular flexibility index (Phi) is 18.5. The molecule has 12 heterocycles. The number of nitrogens with zero attached hydrogens (tertiary/aromatic N) is 13. The highest BCUT2D eigenvalue weighted by atomic mass is 16.1. The predicted molar refractivity (Wildman–Crippen MR) is 377 cm³/mol. The average molecular weight is 1220 g/mol. The van der Waals surface area contributed by atoms with Crippen molar-refractivity contribution in [3.05, 3.63) is 333 Å². The van der Waals surface area contributed by atoms with Crippen LogP contribution in [-0.4, -0.2) is 69.8 Å². The topological polar surface area (TPSA) is 200 Å². The highest BCUT2D eigenvalue weighted by molar-refractivity contribution is 6.12. The van der Waals surface area contributed by atoms with Crippen LogP contribution >= 0.6 is 0 Å². The normalized spacial score (nSPS) is 10.6. The minimum atomic E-state index is 0.0244. The molecule has 0 saturated carbocycles. The maximum absolute atomic E-state index is 11.6. The molecule has 0 bridgehead atoms. The summed E-state index contributed by atoms with van der Waals surface area (Å²) in [7, 11) is 0. The summed E-state index contributed by atoms with van der Waals surface area (Å²) >= 11 is 0. The minimum Gasteiger partial charge on any atom is -0.359 e. The van der Waals surface area contributed by atoms with Gasteiger partial charge in [0.25, 0.3) is 0 Å². The molecule has 0 aliphatic rings. The number of hydrogen-bond acceptors (Lipinski definition) is 14. The van der Waals surface area contributed by atoms with Crippen LogP contribution in [0.1, 0.15) is 5.56 Å². The molecule has 0 fully saturated rings. The van der Waals surface area contributed by atoms with Crippen molar-refractivity contribution in [1.29, 1.82) is 0 Å². The summed E-state index contributed by atoms with van der Waals surface area (Å²) in [6, 6.07) is 72.5. The lowest BCUT2D eigenvalue weighted by Crippen LogP contribution is -2.00. The summed E-state index contributed by atoms with van der Waals surface area (Å²) < 4.78 is 0. The zero-order valence-corrected chi connectivity index (χ0v) is 50.7. The molecule has 18 aromatic rings. The number of aryl methyl sites for hydroxylation is 1. The second-order valence-electron chi connectivity index (χ2n) is 21.2. The number of fused-ring (bicyclic) bond motifs is 12. The molecule has 15 heteroatoms. The van der Waals surface area contributed by atoms with Gasteiger partial charge in [0.15, 0.2) is 5.43 Å². The average Bonchev–Trinajstić information content (AvgIpc) is 0.816. The van der Waals surface area contributed by atoms with Gasteiger partial charge in [0.1, 0.15) is 11.4 Å². The van der Waals surface area contributed by atoms with Crippen LogP contribution in [0.15, 0.2) is 322 Å². The van der Waals surface area contributed by atoms with E-state index in [0.717, 1.165) is 99.2 Å². The molecular weight excluding hydrogens is 1160 g/mol. The van der Waals surface area contributed by atoms with Gasteiger partial charge in [-0.15, -0.1) is 0 Å². The monoisotopic (exact) mass is 1220 g/mol. The van der Waals surface area contributed by atoms with Gasteiger partial charge < -0.3 is 4.98 Å². The third-order valence-electron chi connectivity index (χ3n) is 15.3. The molecule has 0 amide bonds. The SMILES string of the molecule is Cc1ccnc2c1ccc1cccnc12.O=c1cc[nH]c2c1ccc1cccnc12.c1ccc(-c2ccccn2)nc1.c1ccc(-c2ccnc3c2ccc2c(-c4ccccc4)ccnc23)cc1.c1cnc(-c2cnccn2)cn1.c1cnc2c(c1)ccc1cccnc12. The standard InChI is InChI=1S/C24H16N2.C13H10N2.C12H8N2O.C12H8N2.C10H8N2.C8H6N4/c1-3-7-17(8-4-1)19-13-15-25-23-21(19)11-12-22-20(14-16-26-24(22)23)18-9-5-2-6-10-18;1-9-6-8-15-13-11(9)5-4-10-3-2-7-14-12(10)13;15-10-5-7-14-12-9(10)4-3-8-2-1-6-13-11(8)12;1-3-9-5-6-10-4-2-8-14-12(10)11(9)13-7-1;1-3-7-11-9(5-1)10-6-2-4-8-12-10;1-3-11-7(5-9-1)8-6-10-2-4-12-8/h1-16H;2-8H,1H3;1-7H,(H,14,15);1-8H;1-8H;1-6H. The van der Waals surface area contributed by atoms with Gasteiger partial charge in [-0.1, -0.05) is 140 Å². The number of H-pyrrole nitrogens is 1. The van der Waals surface area contributed by atoms with Gasteiger partial charge in [0.05, 0.1) is 67.9 Å². The summed E-state index contributed by atoms with van der Waals surface area (Å²) in [4.78, 5) is 70.2. The number of aromatic nitrogens is 14. The maximum Gasteiger partial charge on any atom is 0.189 e.